The summed E-state index contributed by atoms with van der Waals surface area (Å²) in [7, 11) is 1.69. The molecule has 2 heterocycles. The Morgan fingerprint density at radius 2 is 1.52 bits per heavy atom. The molecule has 0 unspecified atom stereocenters. The van der Waals surface area contributed by atoms with Gasteiger partial charge >= 0.3 is 0 Å². The molecule has 0 radical (unpaired) electrons. The van der Waals surface area contributed by atoms with Crippen LogP contribution in [-0.2, 0) is 11.3 Å². The normalized spacial score (nSPS) is 19.3. The van der Waals surface area contributed by atoms with Crippen molar-refractivity contribution in [3.8, 4) is 5.75 Å². The molecule has 2 aromatic rings. The lowest BCUT2D eigenvalue weighted by Gasteiger charge is -2.41. The second-order valence-corrected chi connectivity index (χ2v) is 8.48. The predicted octanol–water partition coefficient (Wildman–Crippen LogP) is 2.55. The first kappa shape index (κ1) is 21.7. The standard InChI is InChI=1S/C25H34N4O2/c1-21(27-16-18-28(19-17-27)23-8-10-24(31-2)11-9-23)25(30)29-14-12-26(13-15-29)20-22-6-4-3-5-7-22/h3-11,21H,12-20H2,1-2H3/t21-/m0/s1. The summed E-state index contributed by atoms with van der Waals surface area (Å²) in [6.45, 7) is 10.3. The summed E-state index contributed by atoms with van der Waals surface area (Å²) in [6, 6.07) is 18.7. The average Bonchev–Trinajstić information content (AvgIpc) is 2.84. The second kappa shape index (κ2) is 10.2. The van der Waals surface area contributed by atoms with Crippen LogP contribution in [-0.4, -0.2) is 86.1 Å². The SMILES string of the molecule is COc1ccc(N2CCN([C@@H](C)C(=O)N3CCN(Cc4ccccc4)CC3)CC2)cc1. The highest BCUT2D eigenvalue weighted by molar-refractivity contribution is 5.81. The zero-order chi connectivity index (χ0) is 21.6. The first-order chi connectivity index (χ1) is 15.1. The Labute approximate surface area is 186 Å². The zero-order valence-corrected chi connectivity index (χ0v) is 18.7. The van der Waals surface area contributed by atoms with E-state index in [0.717, 1.165) is 64.7 Å². The molecule has 6 nitrogen and oxygen atoms in total. The smallest absolute Gasteiger partial charge is 0.239 e. The van der Waals surface area contributed by atoms with Gasteiger partial charge in [0.1, 0.15) is 5.75 Å². The maximum Gasteiger partial charge on any atom is 0.239 e. The number of benzene rings is 2. The average molecular weight is 423 g/mol. The van der Waals surface area contributed by atoms with Gasteiger partial charge in [-0.3, -0.25) is 14.6 Å². The van der Waals surface area contributed by atoms with Gasteiger partial charge in [0.25, 0.3) is 0 Å². The predicted molar refractivity (Wildman–Crippen MR) is 125 cm³/mol. The Bertz CT molecular complexity index is 826. The van der Waals surface area contributed by atoms with Crippen LogP contribution in [0.1, 0.15) is 12.5 Å². The van der Waals surface area contributed by atoms with E-state index in [2.05, 4.69) is 69.0 Å². The molecule has 2 aromatic carbocycles. The molecule has 0 aromatic heterocycles. The van der Waals surface area contributed by atoms with Crippen LogP contribution in [0.5, 0.6) is 5.75 Å². The van der Waals surface area contributed by atoms with E-state index in [1.807, 2.05) is 12.1 Å². The van der Waals surface area contributed by atoms with Crippen LogP contribution >= 0.6 is 0 Å². The third-order valence-electron chi connectivity index (χ3n) is 6.59. The number of anilines is 1. The van der Waals surface area contributed by atoms with E-state index in [-0.39, 0.29) is 11.9 Å². The number of hydrogen-bond donors (Lipinski definition) is 0. The molecule has 166 valence electrons. The van der Waals surface area contributed by atoms with Gasteiger partial charge in [0, 0.05) is 64.6 Å². The van der Waals surface area contributed by atoms with Gasteiger partial charge < -0.3 is 14.5 Å². The first-order valence-electron chi connectivity index (χ1n) is 11.3. The van der Waals surface area contributed by atoms with Crippen LogP contribution in [0.25, 0.3) is 0 Å². The van der Waals surface area contributed by atoms with E-state index in [0.29, 0.717) is 0 Å². The van der Waals surface area contributed by atoms with Gasteiger partial charge in [-0.2, -0.15) is 0 Å². The lowest BCUT2D eigenvalue weighted by atomic mass is 10.1. The summed E-state index contributed by atoms with van der Waals surface area (Å²) in [5, 5.41) is 0. The van der Waals surface area contributed by atoms with E-state index in [4.69, 9.17) is 4.74 Å². The summed E-state index contributed by atoms with van der Waals surface area (Å²) in [4.78, 5) is 22.3. The van der Waals surface area contributed by atoms with Gasteiger partial charge in [-0.05, 0) is 36.8 Å². The molecule has 0 spiro atoms. The van der Waals surface area contributed by atoms with Gasteiger partial charge in [-0.25, -0.2) is 0 Å². The molecule has 6 heteroatoms. The molecule has 2 aliphatic rings. The highest BCUT2D eigenvalue weighted by atomic mass is 16.5. The van der Waals surface area contributed by atoms with Crippen molar-refractivity contribution in [3.05, 3.63) is 60.2 Å². The van der Waals surface area contributed by atoms with Gasteiger partial charge in [0.05, 0.1) is 13.2 Å². The number of rotatable bonds is 6. The molecular weight excluding hydrogens is 388 g/mol. The highest BCUT2D eigenvalue weighted by Gasteiger charge is 2.30. The minimum Gasteiger partial charge on any atom is -0.497 e. The number of hydrogen-bond acceptors (Lipinski definition) is 5. The summed E-state index contributed by atoms with van der Waals surface area (Å²) < 4.78 is 5.25. The van der Waals surface area contributed by atoms with Crippen molar-refractivity contribution in [2.75, 3.05) is 64.4 Å². The molecule has 2 aliphatic heterocycles. The van der Waals surface area contributed by atoms with Crippen LogP contribution in [0.4, 0.5) is 5.69 Å². The van der Waals surface area contributed by atoms with Crippen molar-refractivity contribution >= 4 is 11.6 Å². The Balaban J connectivity index is 1.23. The highest BCUT2D eigenvalue weighted by Crippen LogP contribution is 2.21. The molecule has 2 saturated heterocycles. The molecule has 31 heavy (non-hydrogen) atoms. The fraction of sp³-hybridized carbons (Fsp3) is 0.480. The van der Waals surface area contributed by atoms with E-state index >= 15 is 0 Å². The molecule has 1 atom stereocenters. The van der Waals surface area contributed by atoms with Crippen LogP contribution < -0.4 is 9.64 Å². The lowest BCUT2D eigenvalue weighted by molar-refractivity contribution is -0.138. The van der Waals surface area contributed by atoms with E-state index < -0.39 is 0 Å². The number of amides is 1. The molecule has 1 amide bonds. The number of carbonyl (C=O) groups excluding carboxylic acids is 1. The quantitative estimate of drug-likeness (QED) is 0.716. The molecule has 0 N–H and O–H groups in total. The molecular formula is C25H34N4O2. The number of nitrogens with zero attached hydrogens (tertiary/aromatic N) is 4. The largest absolute Gasteiger partial charge is 0.497 e. The lowest BCUT2D eigenvalue weighted by Crippen LogP contribution is -2.57. The van der Waals surface area contributed by atoms with Crippen LogP contribution in [0.3, 0.4) is 0 Å². The molecule has 0 bridgehead atoms. The van der Waals surface area contributed by atoms with Crippen LogP contribution in [0.15, 0.2) is 54.6 Å². The number of ether oxygens (including phenoxy) is 1. The molecule has 4 rings (SSSR count). The summed E-state index contributed by atoms with van der Waals surface area (Å²) in [5.41, 5.74) is 2.55. The van der Waals surface area contributed by atoms with E-state index in [1.165, 1.54) is 11.3 Å². The van der Waals surface area contributed by atoms with Crippen molar-refractivity contribution in [1.82, 2.24) is 14.7 Å². The molecule has 0 aliphatic carbocycles. The zero-order valence-electron chi connectivity index (χ0n) is 18.7. The first-order valence-corrected chi connectivity index (χ1v) is 11.3. The van der Waals surface area contributed by atoms with E-state index in [1.54, 1.807) is 7.11 Å². The Morgan fingerprint density at radius 3 is 2.13 bits per heavy atom. The second-order valence-electron chi connectivity index (χ2n) is 8.48. The van der Waals surface area contributed by atoms with Crippen molar-refractivity contribution in [2.24, 2.45) is 0 Å². The Kier molecular flexibility index (Phi) is 7.10. The van der Waals surface area contributed by atoms with Gasteiger partial charge in [0.2, 0.25) is 5.91 Å². The minimum absolute atomic E-state index is 0.0568. The fourth-order valence-electron chi connectivity index (χ4n) is 4.55. The van der Waals surface area contributed by atoms with Gasteiger partial charge in [0.15, 0.2) is 0 Å². The number of carbonyl (C=O) groups is 1. The van der Waals surface area contributed by atoms with Gasteiger partial charge in [-0.1, -0.05) is 30.3 Å². The monoisotopic (exact) mass is 422 g/mol. The third-order valence-corrected chi connectivity index (χ3v) is 6.59. The maximum absolute atomic E-state index is 13.1. The van der Waals surface area contributed by atoms with E-state index in [9.17, 15) is 4.79 Å². The molecule has 2 fully saturated rings. The summed E-state index contributed by atoms with van der Waals surface area (Å²) >= 11 is 0. The Morgan fingerprint density at radius 1 is 0.871 bits per heavy atom. The van der Waals surface area contributed by atoms with Crippen LogP contribution in [0.2, 0.25) is 0 Å². The van der Waals surface area contributed by atoms with Gasteiger partial charge in [-0.15, -0.1) is 0 Å². The summed E-state index contributed by atoms with van der Waals surface area (Å²) in [6.07, 6.45) is 0. The maximum atomic E-state index is 13.1. The third kappa shape index (κ3) is 5.38. The van der Waals surface area contributed by atoms with Crippen molar-refractivity contribution in [3.63, 3.8) is 0 Å². The van der Waals surface area contributed by atoms with Crippen molar-refractivity contribution < 1.29 is 9.53 Å². The van der Waals surface area contributed by atoms with Crippen molar-refractivity contribution in [1.29, 1.82) is 0 Å². The van der Waals surface area contributed by atoms with Crippen LogP contribution in [0, 0.1) is 0 Å². The Hall–Kier alpha value is -2.57. The van der Waals surface area contributed by atoms with Crippen molar-refractivity contribution in [2.45, 2.75) is 19.5 Å². The minimum atomic E-state index is -0.0568. The fourth-order valence-corrected chi connectivity index (χ4v) is 4.55. The topological polar surface area (TPSA) is 39.3 Å². The number of methoxy groups -OCH3 is 1. The number of piperazine rings is 2. The summed E-state index contributed by atoms with van der Waals surface area (Å²) in [5.74, 6) is 1.16. The molecule has 0 saturated carbocycles.